The molecule has 1 atom stereocenters. The van der Waals surface area contributed by atoms with Crippen molar-refractivity contribution in [2.45, 2.75) is 39.7 Å². The second-order valence-electron chi connectivity index (χ2n) is 8.87. The van der Waals surface area contributed by atoms with Gasteiger partial charge in [0.05, 0.1) is 32.3 Å². The van der Waals surface area contributed by atoms with Gasteiger partial charge in [-0.15, -0.1) is 0 Å². The molecule has 4 rings (SSSR count). The van der Waals surface area contributed by atoms with Crippen LogP contribution >= 0.6 is 11.6 Å². The van der Waals surface area contributed by atoms with Crippen molar-refractivity contribution in [3.63, 3.8) is 0 Å². The van der Waals surface area contributed by atoms with Gasteiger partial charge in [0, 0.05) is 33.5 Å². The largest absolute Gasteiger partial charge is 0.481 e. The van der Waals surface area contributed by atoms with Crippen LogP contribution in [-0.4, -0.2) is 35.8 Å². The zero-order valence-corrected chi connectivity index (χ0v) is 22.9. The van der Waals surface area contributed by atoms with Crippen LogP contribution in [0.2, 0.25) is 5.02 Å². The fraction of sp³-hybridized carbons (Fsp3) is 0.267. The van der Waals surface area contributed by atoms with E-state index >= 15 is 0 Å². The number of hydrogen-bond acceptors (Lipinski definition) is 8. The summed E-state index contributed by atoms with van der Waals surface area (Å²) in [7, 11) is 1.54. The first-order valence-corrected chi connectivity index (χ1v) is 12.9. The Morgan fingerprint density at radius 1 is 1.03 bits per heavy atom. The molecular formula is C30H29ClN2O6. The molecule has 0 aliphatic carbocycles. The van der Waals surface area contributed by atoms with Crippen LogP contribution in [0.25, 0.3) is 22.5 Å². The van der Waals surface area contributed by atoms with E-state index in [1.807, 2.05) is 48.5 Å². The number of hydrogen-bond donors (Lipinski definition) is 0. The summed E-state index contributed by atoms with van der Waals surface area (Å²) < 4.78 is 21.9. The van der Waals surface area contributed by atoms with Crippen LogP contribution in [0.15, 0.2) is 65.3 Å². The summed E-state index contributed by atoms with van der Waals surface area (Å²) in [6.45, 7) is 5.63. The van der Waals surface area contributed by atoms with Gasteiger partial charge < -0.3 is 18.7 Å². The van der Waals surface area contributed by atoms with Gasteiger partial charge in [0.15, 0.2) is 5.76 Å². The number of rotatable bonds is 10. The number of pyridine rings is 1. The Labute approximate surface area is 231 Å². The Kier molecular flexibility index (Phi) is 8.99. The number of halogens is 1. The Hall–Kier alpha value is -4.17. The zero-order valence-electron chi connectivity index (χ0n) is 22.2. The van der Waals surface area contributed by atoms with Gasteiger partial charge in [0.25, 0.3) is 0 Å². The van der Waals surface area contributed by atoms with Crippen molar-refractivity contribution < 1.29 is 28.3 Å². The van der Waals surface area contributed by atoms with Gasteiger partial charge in [-0.05, 0) is 50.1 Å². The van der Waals surface area contributed by atoms with Gasteiger partial charge >= 0.3 is 11.9 Å². The summed E-state index contributed by atoms with van der Waals surface area (Å²) in [4.78, 5) is 29.3. The summed E-state index contributed by atoms with van der Waals surface area (Å²) >= 11 is 6.26. The average molecular weight is 549 g/mol. The van der Waals surface area contributed by atoms with Crippen LogP contribution in [0.4, 0.5) is 0 Å². The van der Waals surface area contributed by atoms with Crippen LogP contribution in [0.1, 0.15) is 42.3 Å². The van der Waals surface area contributed by atoms with Crippen molar-refractivity contribution >= 4 is 23.5 Å². The highest BCUT2D eigenvalue weighted by molar-refractivity contribution is 6.31. The Morgan fingerprint density at radius 2 is 1.79 bits per heavy atom. The minimum atomic E-state index is -0.514. The predicted octanol–water partition coefficient (Wildman–Crippen LogP) is 6.33. The highest BCUT2D eigenvalue weighted by Crippen LogP contribution is 2.34. The molecule has 0 saturated heterocycles. The van der Waals surface area contributed by atoms with E-state index in [9.17, 15) is 9.59 Å². The van der Waals surface area contributed by atoms with Crippen molar-refractivity contribution in [1.82, 2.24) is 10.1 Å². The van der Waals surface area contributed by atoms with Crippen LogP contribution in [0.3, 0.4) is 0 Å². The maximum absolute atomic E-state index is 12.9. The molecule has 9 heteroatoms. The Bertz CT molecular complexity index is 1480. The molecule has 8 nitrogen and oxygen atoms in total. The molecule has 0 N–H and O–H groups in total. The molecule has 0 saturated carbocycles. The lowest BCUT2D eigenvalue weighted by Gasteiger charge is -2.15. The van der Waals surface area contributed by atoms with E-state index in [2.05, 4.69) is 10.1 Å². The zero-order chi connectivity index (χ0) is 27.9. The maximum atomic E-state index is 12.9. The third kappa shape index (κ3) is 6.64. The third-order valence-corrected chi connectivity index (χ3v) is 6.49. The quantitative estimate of drug-likeness (QED) is 0.212. The monoisotopic (exact) mass is 548 g/mol. The number of carbonyl (C=O) groups is 2. The predicted molar refractivity (Wildman–Crippen MR) is 146 cm³/mol. The highest BCUT2D eigenvalue weighted by Gasteiger charge is 2.22. The number of aryl methyl sites for hydroxylation is 1. The summed E-state index contributed by atoms with van der Waals surface area (Å²) in [6.07, 6.45) is 1.15. The number of carbonyl (C=O) groups excluding carboxylic acids is 2. The Morgan fingerprint density at radius 3 is 2.54 bits per heavy atom. The fourth-order valence-electron chi connectivity index (χ4n) is 4.24. The summed E-state index contributed by atoms with van der Waals surface area (Å²) in [5, 5.41) is 4.64. The summed E-state index contributed by atoms with van der Waals surface area (Å²) in [5.74, 6) is 0.113. The molecule has 0 radical (unpaired) electrons. The lowest BCUT2D eigenvalue weighted by Crippen LogP contribution is -2.12. The van der Waals surface area contributed by atoms with Gasteiger partial charge in [0.2, 0.25) is 5.88 Å². The van der Waals surface area contributed by atoms with E-state index in [-0.39, 0.29) is 18.8 Å². The number of esters is 2. The normalized spacial score (nSPS) is 11.6. The molecule has 2 aromatic heterocycles. The van der Waals surface area contributed by atoms with Gasteiger partial charge in [-0.3, -0.25) is 9.59 Å². The van der Waals surface area contributed by atoms with Crippen LogP contribution < -0.4 is 4.74 Å². The first kappa shape index (κ1) is 27.9. The first-order chi connectivity index (χ1) is 18.8. The lowest BCUT2D eigenvalue weighted by molar-refractivity contribution is -0.147. The van der Waals surface area contributed by atoms with E-state index in [0.29, 0.717) is 51.2 Å². The number of benzene rings is 2. The second-order valence-corrected chi connectivity index (χ2v) is 9.28. The number of methoxy groups -OCH3 is 1. The molecule has 0 aliphatic rings. The molecule has 202 valence electrons. The van der Waals surface area contributed by atoms with Crippen LogP contribution in [0.5, 0.6) is 5.88 Å². The van der Waals surface area contributed by atoms with Crippen molar-refractivity contribution in [2.24, 2.45) is 0 Å². The molecule has 1 unspecified atom stereocenters. The third-order valence-electron chi connectivity index (χ3n) is 6.15. The maximum Gasteiger partial charge on any atom is 0.311 e. The van der Waals surface area contributed by atoms with E-state index in [1.54, 1.807) is 33.0 Å². The van der Waals surface area contributed by atoms with Gasteiger partial charge in [-0.25, -0.2) is 4.98 Å². The molecule has 2 aromatic carbocycles. The van der Waals surface area contributed by atoms with Crippen LogP contribution in [-0.2, 0) is 31.9 Å². The molecule has 0 bridgehead atoms. The smallest absolute Gasteiger partial charge is 0.311 e. The number of aromatic nitrogens is 2. The molecule has 0 fully saturated rings. The van der Waals surface area contributed by atoms with Crippen LogP contribution in [0, 0.1) is 6.92 Å². The molecule has 2 heterocycles. The Balaban J connectivity index is 1.60. The minimum absolute atomic E-state index is 0.0242. The van der Waals surface area contributed by atoms with Crippen molar-refractivity contribution in [3.05, 3.63) is 88.2 Å². The molecule has 39 heavy (non-hydrogen) atoms. The molecule has 0 spiro atoms. The molecular weight excluding hydrogens is 520 g/mol. The molecule has 0 amide bonds. The van der Waals surface area contributed by atoms with Gasteiger partial charge in [-0.1, -0.05) is 53.2 Å². The highest BCUT2D eigenvalue weighted by atomic mass is 35.5. The lowest BCUT2D eigenvalue weighted by atomic mass is 9.98. The standard InChI is InChI=1S/C30H29ClN2O6/c1-5-37-27(34)14-20-13-25(30(36-4)32-17-20)21-9-8-10-22(15-21)29-24(18(2)33-39-29)16-28(35)38-19(3)23-11-6-7-12-26(23)31/h6-13,15,17,19H,5,14,16H2,1-4H3. The minimum Gasteiger partial charge on any atom is -0.481 e. The van der Waals surface area contributed by atoms with Crippen molar-refractivity contribution in [2.75, 3.05) is 13.7 Å². The number of ether oxygens (including phenoxy) is 3. The first-order valence-electron chi connectivity index (χ1n) is 12.5. The van der Waals surface area contributed by atoms with Crippen molar-refractivity contribution in [3.8, 4) is 28.3 Å². The average Bonchev–Trinajstić information content (AvgIpc) is 3.28. The van der Waals surface area contributed by atoms with E-state index in [4.69, 9.17) is 30.3 Å². The van der Waals surface area contributed by atoms with Gasteiger partial charge in [0.1, 0.15) is 6.10 Å². The SMILES string of the molecule is CCOC(=O)Cc1cnc(OC)c(-c2cccc(-c3onc(C)c3CC(=O)OC(C)c3ccccc3Cl)c2)c1. The molecule has 4 aromatic rings. The topological polar surface area (TPSA) is 101 Å². The number of nitrogens with zero attached hydrogens (tertiary/aromatic N) is 2. The molecule has 0 aliphatic heterocycles. The summed E-state index contributed by atoms with van der Waals surface area (Å²) in [6, 6.07) is 16.6. The second kappa shape index (κ2) is 12.6. The van der Waals surface area contributed by atoms with Crippen molar-refractivity contribution in [1.29, 1.82) is 0 Å². The summed E-state index contributed by atoms with van der Waals surface area (Å²) in [5.41, 5.74) is 4.85. The van der Waals surface area contributed by atoms with Gasteiger partial charge in [-0.2, -0.15) is 0 Å². The van der Waals surface area contributed by atoms with E-state index < -0.39 is 12.1 Å². The van der Waals surface area contributed by atoms with E-state index in [1.165, 1.54) is 7.11 Å². The fourth-order valence-corrected chi connectivity index (χ4v) is 4.53. The van der Waals surface area contributed by atoms with E-state index in [0.717, 1.165) is 11.1 Å².